The third-order valence-electron chi connectivity index (χ3n) is 4.86. The van der Waals surface area contributed by atoms with Crippen LogP contribution in [0.15, 0.2) is 60.8 Å². The first-order valence-corrected chi connectivity index (χ1v) is 10.4. The first-order valence-electron chi connectivity index (χ1n) is 9.67. The van der Waals surface area contributed by atoms with E-state index in [1.807, 2.05) is 0 Å². The number of hydrogen-bond donors (Lipinski definition) is 1. The first kappa shape index (κ1) is 22.4. The molecule has 4 rings (SSSR count). The number of pyridine rings is 1. The van der Waals surface area contributed by atoms with E-state index in [2.05, 4.69) is 10.3 Å². The SMILES string of the molecule is CC(OC(=O)c1ccc(N2C(=O)c3ccccc3C2=O)cc1)C(=O)Nc1ncc(Cl)cc1Cl. The van der Waals surface area contributed by atoms with Crippen molar-refractivity contribution in [3.63, 3.8) is 0 Å². The molecule has 1 atom stereocenters. The number of nitrogens with zero attached hydrogens (tertiary/aromatic N) is 2. The second kappa shape index (κ2) is 9.01. The second-order valence-corrected chi connectivity index (χ2v) is 7.90. The molecule has 0 saturated carbocycles. The number of esters is 1. The molecule has 1 N–H and O–H groups in total. The zero-order valence-corrected chi connectivity index (χ0v) is 18.6. The maximum absolute atomic E-state index is 12.6. The van der Waals surface area contributed by atoms with Crippen molar-refractivity contribution in [2.45, 2.75) is 13.0 Å². The summed E-state index contributed by atoms with van der Waals surface area (Å²) in [6.07, 6.45) is 0.164. The van der Waals surface area contributed by atoms with Crippen LogP contribution in [0.1, 0.15) is 38.0 Å². The topological polar surface area (TPSA) is 106 Å². The predicted octanol–water partition coefficient (Wildman–Crippen LogP) is 4.37. The smallest absolute Gasteiger partial charge is 0.338 e. The van der Waals surface area contributed by atoms with Gasteiger partial charge in [0.05, 0.1) is 32.4 Å². The number of nitrogens with one attached hydrogen (secondary N) is 1. The lowest BCUT2D eigenvalue weighted by atomic mass is 10.1. The number of imide groups is 1. The van der Waals surface area contributed by atoms with Crippen molar-refractivity contribution < 1.29 is 23.9 Å². The van der Waals surface area contributed by atoms with Crippen LogP contribution in [-0.4, -0.2) is 34.8 Å². The molecule has 1 unspecified atom stereocenters. The summed E-state index contributed by atoms with van der Waals surface area (Å²) >= 11 is 11.8. The summed E-state index contributed by atoms with van der Waals surface area (Å²) in [5.74, 6) is -2.19. The highest BCUT2D eigenvalue weighted by molar-refractivity contribution is 6.36. The number of anilines is 2. The Morgan fingerprint density at radius 1 is 1.00 bits per heavy atom. The van der Waals surface area contributed by atoms with E-state index in [4.69, 9.17) is 27.9 Å². The molecule has 1 aliphatic heterocycles. The molecule has 2 heterocycles. The molecular weight excluding hydrogens is 469 g/mol. The van der Waals surface area contributed by atoms with Gasteiger partial charge in [0.2, 0.25) is 0 Å². The molecule has 0 aliphatic carbocycles. The van der Waals surface area contributed by atoms with Crippen molar-refractivity contribution in [2.24, 2.45) is 0 Å². The van der Waals surface area contributed by atoms with Gasteiger partial charge >= 0.3 is 5.97 Å². The summed E-state index contributed by atoms with van der Waals surface area (Å²) in [7, 11) is 0. The minimum absolute atomic E-state index is 0.0827. The van der Waals surface area contributed by atoms with Crippen molar-refractivity contribution in [2.75, 3.05) is 10.2 Å². The van der Waals surface area contributed by atoms with Gasteiger partial charge in [0.15, 0.2) is 11.9 Å². The third-order valence-corrected chi connectivity index (χ3v) is 5.35. The molecule has 0 spiro atoms. The summed E-state index contributed by atoms with van der Waals surface area (Å²) in [5.41, 5.74) is 1.09. The zero-order valence-electron chi connectivity index (χ0n) is 17.0. The summed E-state index contributed by atoms with van der Waals surface area (Å²) in [4.78, 5) is 54.9. The van der Waals surface area contributed by atoms with Gasteiger partial charge in [-0.2, -0.15) is 0 Å². The molecule has 166 valence electrons. The molecule has 8 nitrogen and oxygen atoms in total. The van der Waals surface area contributed by atoms with Crippen molar-refractivity contribution >= 4 is 58.4 Å². The highest BCUT2D eigenvalue weighted by Crippen LogP contribution is 2.28. The number of halogens is 2. The van der Waals surface area contributed by atoms with E-state index in [0.29, 0.717) is 21.8 Å². The van der Waals surface area contributed by atoms with E-state index >= 15 is 0 Å². The van der Waals surface area contributed by atoms with E-state index in [-0.39, 0.29) is 16.4 Å². The van der Waals surface area contributed by atoms with Crippen LogP contribution < -0.4 is 10.2 Å². The van der Waals surface area contributed by atoms with Crippen LogP contribution in [0.2, 0.25) is 10.0 Å². The predicted molar refractivity (Wildman–Crippen MR) is 122 cm³/mol. The average Bonchev–Trinajstić information content (AvgIpc) is 3.06. The van der Waals surface area contributed by atoms with Gasteiger partial charge in [-0.25, -0.2) is 14.7 Å². The van der Waals surface area contributed by atoms with Gasteiger partial charge in [-0.05, 0) is 49.4 Å². The fourth-order valence-corrected chi connectivity index (χ4v) is 3.60. The van der Waals surface area contributed by atoms with Gasteiger partial charge in [0.25, 0.3) is 17.7 Å². The Hall–Kier alpha value is -3.75. The molecule has 3 amide bonds. The van der Waals surface area contributed by atoms with Crippen molar-refractivity contribution in [3.8, 4) is 0 Å². The maximum Gasteiger partial charge on any atom is 0.338 e. The Kier molecular flexibility index (Phi) is 6.13. The molecular formula is C23H15Cl2N3O5. The molecule has 3 aromatic rings. The zero-order chi connectivity index (χ0) is 23.7. The van der Waals surface area contributed by atoms with Crippen molar-refractivity contribution in [1.29, 1.82) is 0 Å². The molecule has 1 aliphatic rings. The van der Waals surface area contributed by atoms with Gasteiger partial charge < -0.3 is 10.1 Å². The van der Waals surface area contributed by atoms with Crippen LogP contribution in [0.4, 0.5) is 11.5 Å². The van der Waals surface area contributed by atoms with E-state index in [1.165, 1.54) is 43.5 Å². The number of carbonyl (C=O) groups excluding carboxylic acids is 4. The number of carbonyl (C=O) groups is 4. The van der Waals surface area contributed by atoms with Crippen molar-refractivity contribution in [3.05, 3.63) is 87.5 Å². The molecule has 10 heteroatoms. The molecule has 0 saturated heterocycles. The summed E-state index contributed by atoms with van der Waals surface area (Å²) in [5, 5.41) is 2.90. The Labute approximate surface area is 198 Å². The number of amides is 3. The normalized spacial score (nSPS) is 13.5. The van der Waals surface area contributed by atoms with Gasteiger partial charge in [0, 0.05) is 6.20 Å². The number of ether oxygens (including phenoxy) is 1. The third kappa shape index (κ3) is 4.44. The largest absolute Gasteiger partial charge is 0.449 e. The highest BCUT2D eigenvalue weighted by Gasteiger charge is 2.36. The van der Waals surface area contributed by atoms with Crippen molar-refractivity contribution in [1.82, 2.24) is 4.98 Å². The number of fused-ring (bicyclic) bond motifs is 1. The second-order valence-electron chi connectivity index (χ2n) is 7.06. The fraction of sp³-hybridized carbons (Fsp3) is 0.0870. The number of benzene rings is 2. The standard InChI is InChI=1S/C23H15Cl2N3O5/c1-12(20(29)27-19-18(25)10-14(24)11-26-19)33-23(32)13-6-8-15(9-7-13)28-21(30)16-4-2-3-5-17(16)22(28)31/h2-12H,1H3,(H,26,27,29). The van der Waals surface area contributed by atoms with E-state index in [1.54, 1.807) is 24.3 Å². The van der Waals surface area contributed by atoms with Gasteiger partial charge in [-0.3, -0.25) is 14.4 Å². The summed E-state index contributed by atoms with van der Waals surface area (Å²) in [6.45, 7) is 1.39. The van der Waals surface area contributed by atoms with Crippen LogP contribution >= 0.6 is 23.2 Å². The number of rotatable bonds is 5. The van der Waals surface area contributed by atoms with Gasteiger partial charge in [-0.15, -0.1) is 0 Å². The Morgan fingerprint density at radius 2 is 1.61 bits per heavy atom. The summed E-state index contributed by atoms with van der Waals surface area (Å²) in [6, 6.07) is 13.7. The van der Waals surface area contributed by atoms with Crippen LogP contribution in [0.25, 0.3) is 0 Å². The first-order chi connectivity index (χ1) is 15.8. The lowest BCUT2D eigenvalue weighted by molar-refractivity contribution is -0.123. The molecule has 0 bridgehead atoms. The minimum atomic E-state index is -1.15. The Bertz CT molecular complexity index is 1260. The number of hydrogen-bond acceptors (Lipinski definition) is 6. The lowest BCUT2D eigenvalue weighted by Gasteiger charge is -2.15. The van der Waals surface area contributed by atoms with Crippen LogP contribution in [0, 0.1) is 0 Å². The molecule has 2 aromatic carbocycles. The summed E-state index contributed by atoms with van der Waals surface area (Å²) < 4.78 is 5.20. The highest BCUT2D eigenvalue weighted by atomic mass is 35.5. The van der Waals surface area contributed by atoms with Gasteiger partial charge in [-0.1, -0.05) is 35.3 Å². The Balaban J connectivity index is 1.42. The van der Waals surface area contributed by atoms with Gasteiger partial charge in [0.1, 0.15) is 0 Å². The van der Waals surface area contributed by atoms with E-state index in [9.17, 15) is 19.2 Å². The lowest BCUT2D eigenvalue weighted by Crippen LogP contribution is -2.30. The number of aromatic nitrogens is 1. The average molecular weight is 484 g/mol. The molecule has 1 aromatic heterocycles. The monoisotopic (exact) mass is 483 g/mol. The quantitative estimate of drug-likeness (QED) is 0.426. The molecule has 0 radical (unpaired) electrons. The van der Waals surface area contributed by atoms with Crippen LogP contribution in [0.3, 0.4) is 0 Å². The van der Waals surface area contributed by atoms with Crippen LogP contribution in [-0.2, 0) is 9.53 Å². The Morgan fingerprint density at radius 3 is 2.18 bits per heavy atom. The molecule has 33 heavy (non-hydrogen) atoms. The fourth-order valence-electron chi connectivity index (χ4n) is 3.18. The van der Waals surface area contributed by atoms with E-state index in [0.717, 1.165) is 4.90 Å². The van der Waals surface area contributed by atoms with Crippen LogP contribution in [0.5, 0.6) is 0 Å². The minimum Gasteiger partial charge on any atom is -0.449 e. The molecule has 0 fully saturated rings. The van der Waals surface area contributed by atoms with E-state index < -0.39 is 29.8 Å². The maximum atomic E-state index is 12.6.